The van der Waals surface area contributed by atoms with Crippen LogP contribution < -0.4 is 0 Å². The van der Waals surface area contributed by atoms with Crippen LogP contribution in [-0.4, -0.2) is 5.11 Å². The number of fused-ring (bicyclic) bond motifs is 3. The number of hydrogen-bond donors (Lipinski definition) is 1. The van der Waals surface area contributed by atoms with Crippen LogP contribution >= 0.6 is 11.6 Å². The highest BCUT2D eigenvalue weighted by Gasteiger charge is 2.04. The lowest BCUT2D eigenvalue weighted by molar-refractivity contribution is 0.476. The molecule has 0 saturated heterocycles. The molecular weight excluding hydrogens is 220 g/mol. The average Bonchev–Trinajstić information content (AvgIpc) is 2.31. The van der Waals surface area contributed by atoms with E-state index in [4.69, 9.17) is 11.6 Å². The van der Waals surface area contributed by atoms with Gasteiger partial charge in [0.25, 0.3) is 0 Å². The fraction of sp³-hybridized carbons (Fsp3) is 0. The van der Waals surface area contributed by atoms with Crippen molar-refractivity contribution in [3.05, 3.63) is 53.6 Å². The van der Waals surface area contributed by atoms with Crippen LogP contribution in [0.25, 0.3) is 21.5 Å². The summed E-state index contributed by atoms with van der Waals surface area (Å²) in [7, 11) is 0. The SMILES string of the molecule is Oc1ccc2cc(Cl)c3ccccc3c2c1. The lowest BCUT2D eigenvalue weighted by Crippen LogP contribution is -1.79. The number of benzene rings is 3. The third-order valence-corrected chi connectivity index (χ3v) is 3.11. The molecule has 0 atom stereocenters. The van der Waals surface area contributed by atoms with E-state index in [1.165, 1.54) is 0 Å². The number of phenolic OH excluding ortho intramolecular Hbond substituents is 1. The number of phenols is 1. The summed E-state index contributed by atoms with van der Waals surface area (Å²) < 4.78 is 0. The maximum Gasteiger partial charge on any atom is 0.116 e. The topological polar surface area (TPSA) is 20.2 Å². The molecule has 3 aromatic carbocycles. The zero-order valence-corrected chi connectivity index (χ0v) is 9.20. The third kappa shape index (κ3) is 1.33. The third-order valence-electron chi connectivity index (χ3n) is 2.79. The van der Waals surface area contributed by atoms with Gasteiger partial charge in [-0.1, -0.05) is 41.9 Å². The minimum atomic E-state index is 0.278. The van der Waals surface area contributed by atoms with Crippen molar-refractivity contribution >= 4 is 33.1 Å². The van der Waals surface area contributed by atoms with E-state index in [-0.39, 0.29) is 5.75 Å². The van der Waals surface area contributed by atoms with Crippen molar-refractivity contribution in [3.8, 4) is 5.75 Å². The van der Waals surface area contributed by atoms with Crippen LogP contribution in [0.3, 0.4) is 0 Å². The Labute approximate surface area is 97.9 Å². The van der Waals surface area contributed by atoms with Gasteiger partial charge in [0.2, 0.25) is 0 Å². The van der Waals surface area contributed by atoms with Gasteiger partial charge in [-0.05, 0) is 34.4 Å². The van der Waals surface area contributed by atoms with E-state index in [0.29, 0.717) is 0 Å². The van der Waals surface area contributed by atoms with E-state index in [2.05, 4.69) is 0 Å². The Hall–Kier alpha value is -1.73. The smallest absolute Gasteiger partial charge is 0.116 e. The number of aromatic hydroxyl groups is 1. The van der Waals surface area contributed by atoms with Crippen molar-refractivity contribution in [3.63, 3.8) is 0 Å². The molecule has 0 aromatic heterocycles. The van der Waals surface area contributed by atoms with Crippen LogP contribution in [0.1, 0.15) is 0 Å². The summed E-state index contributed by atoms with van der Waals surface area (Å²) in [6.45, 7) is 0. The summed E-state index contributed by atoms with van der Waals surface area (Å²) >= 11 is 6.21. The molecule has 0 amide bonds. The second kappa shape index (κ2) is 3.39. The maximum absolute atomic E-state index is 9.53. The summed E-state index contributed by atoms with van der Waals surface area (Å²) in [5.41, 5.74) is 0. The lowest BCUT2D eigenvalue weighted by atomic mass is 10.0. The van der Waals surface area contributed by atoms with Crippen molar-refractivity contribution in [2.45, 2.75) is 0 Å². The molecule has 3 rings (SSSR count). The zero-order valence-electron chi connectivity index (χ0n) is 8.44. The molecule has 78 valence electrons. The summed E-state index contributed by atoms with van der Waals surface area (Å²) in [5.74, 6) is 0.278. The Morgan fingerprint density at radius 2 is 1.56 bits per heavy atom. The number of hydrogen-bond acceptors (Lipinski definition) is 1. The second-order valence-corrected chi connectivity index (χ2v) is 4.22. The van der Waals surface area contributed by atoms with Gasteiger partial charge in [-0.25, -0.2) is 0 Å². The first-order valence-electron chi connectivity index (χ1n) is 5.06. The van der Waals surface area contributed by atoms with E-state index in [1.54, 1.807) is 12.1 Å². The first kappa shape index (κ1) is 9.49. The molecule has 0 saturated carbocycles. The molecule has 2 heteroatoms. The summed E-state index contributed by atoms with van der Waals surface area (Å²) in [4.78, 5) is 0. The van der Waals surface area contributed by atoms with E-state index < -0.39 is 0 Å². The molecule has 0 radical (unpaired) electrons. The molecule has 0 fully saturated rings. The molecule has 0 spiro atoms. The Morgan fingerprint density at radius 3 is 2.38 bits per heavy atom. The Balaban J connectivity index is 2.61. The quantitative estimate of drug-likeness (QED) is 0.567. The first-order chi connectivity index (χ1) is 7.75. The summed E-state index contributed by atoms with van der Waals surface area (Å²) in [6.07, 6.45) is 0. The van der Waals surface area contributed by atoms with Gasteiger partial charge >= 0.3 is 0 Å². The Bertz CT molecular complexity index is 689. The molecule has 16 heavy (non-hydrogen) atoms. The molecule has 0 unspecified atom stereocenters. The minimum Gasteiger partial charge on any atom is -0.508 e. The number of rotatable bonds is 0. The average molecular weight is 229 g/mol. The van der Waals surface area contributed by atoms with Crippen molar-refractivity contribution < 1.29 is 5.11 Å². The van der Waals surface area contributed by atoms with Crippen molar-refractivity contribution in [2.75, 3.05) is 0 Å². The molecular formula is C14H9ClO. The molecule has 0 heterocycles. The Morgan fingerprint density at radius 1 is 0.812 bits per heavy atom. The van der Waals surface area contributed by atoms with Crippen LogP contribution in [0.5, 0.6) is 5.75 Å². The van der Waals surface area contributed by atoms with Gasteiger partial charge < -0.3 is 5.11 Å². The second-order valence-electron chi connectivity index (χ2n) is 3.81. The largest absolute Gasteiger partial charge is 0.508 e. The maximum atomic E-state index is 9.53. The lowest BCUT2D eigenvalue weighted by Gasteiger charge is -2.06. The van der Waals surface area contributed by atoms with Crippen molar-refractivity contribution in [1.82, 2.24) is 0 Å². The zero-order chi connectivity index (χ0) is 11.1. The highest BCUT2D eigenvalue weighted by Crippen LogP contribution is 2.33. The van der Waals surface area contributed by atoms with Crippen LogP contribution in [0, 0.1) is 0 Å². The van der Waals surface area contributed by atoms with E-state index in [0.717, 1.165) is 26.6 Å². The number of halogens is 1. The fourth-order valence-corrected chi connectivity index (χ4v) is 2.33. The fourth-order valence-electron chi connectivity index (χ4n) is 2.04. The normalized spacial score (nSPS) is 11.1. The van der Waals surface area contributed by atoms with Crippen LogP contribution in [0.4, 0.5) is 0 Å². The van der Waals surface area contributed by atoms with Gasteiger partial charge in [0, 0.05) is 10.4 Å². The summed E-state index contributed by atoms with van der Waals surface area (Å²) in [5, 5.41) is 14.4. The van der Waals surface area contributed by atoms with Crippen molar-refractivity contribution in [1.29, 1.82) is 0 Å². The van der Waals surface area contributed by atoms with Gasteiger partial charge in [-0.3, -0.25) is 0 Å². The molecule has 1 nitrogen and oxygen atoms in total. The van der Waals surface area contributed by atoms with E-state index in [1.807, 2.05) is 36.4 Å². The predicted octanol–water partition coefficient (Wildman–Crippen LogP) is 4.35. The summed E-state index contributed by atoms with van der Waals surface area (Å²) in [6, 6.07) is 15.2. The van der Waals surface area contributed by atoms with Gasteiger partial charge in [0.15, 0.2) is 0 Å². The van der Waals surface area contributed by atoms with Crippen LogP contribution in [-0.2, 0) is 0 Å². The van der Waals surface area contributed by atoms with E-state index in [9.17, 15) is 5.11 Å². The molecule has 0 bridgehead atoms. The van der Waals surface area contributed by atoms with Gasteiger partial charge in [-0.2, -0.15) is 0 Å². The molecule has 3 aromatic rings. The molecule has 0 aliphatic rings. The predicted molar refractivity (Wildman–Crippen MR) is 68.1 cm³/mol. The van der Waals surface area contributed by atoms with Crippen molar-refractivity contribution in [2.24, 2.45) is 0 Å². The minimum absolute atomic E-state index is 0.278. The van der Waals surface area contributed by atoms with Gasteiger partial charge in [0.05, 0.1) is 0 Å². The molecule has 0 aliphatic carbocycles. The van der Waals surface area contributed by atoms with Gasteiger partial charge in [0.1, 0.15) is 5.75 Å². The molecule has 1 N–H and O–H groups in total. The monoisotopic (exact) mass is 228 g/mol. The van der Waals surface area contributed by atoms with Crippen LogP contribution in [0.15, 0.2) is 48.5 Å². The highest BCUT2D eigenvalue weighted by molar-refractivity contribution is 6.37. The van der Waals surface area contributed by atoms with Gasteiger partial charge in [-0.15, -0.1) is 0 Å². The first-order valence-corrected chi connectivity index (χ1v) is 5.43. The Kier molecular flexibility index (Phi) is 2.01. The standard InChI is InChI=1S/C14H9ClO/c15-14-7-9-5-6-10(16)8-13(9)11-3-1-2-4-12(11)14/h1-8,16H. The highest BCUT2D eigenvalue weighted by atomic mass is 35.5. The van der Waals surface area contributed by atoms with Crippen LogP contribution in [0.2, 0.25) is 5.02 Å². The molecule has 0 aliphatic heterocycles. The van der Waals surface area contributed by atoms with E-state index >= 15 is 0 Å².